The Morgan fingerprint density at radius 1 is 1.43 bits per heavy atom. The zero-order valence-electron chi connectivity index (χ0n) is 11.5. The van der Waals surface area contributed by atoms with Crippen molar-refractivity contribution in [3.05, 3.63) is 41.3 Å². The molecule has 0 spiro atoms. The second-order valence-electron chi connectivity index (χ2n) is 4.64. The molecule has 0 amide bonds. The highest BCUT2D eigenvalue weighted by molar-refractivity contribution is 8.01. The van der Waals surface area contributed by atoms with Crippen LogP contribution in [0, 0.1) is 0 Å². The van der Waals surface area contributed by atoms with Gasteiger partial charge in [-0.1, -0.05) is 37.3 Å². The average Bonchev–Trinajstić information content (AvgIpc) is 2.91. The van der Waals surface area contributed by atoms with E-state index in [2.05, 4.69) is 0 Å². The molecule has 0 saturated carbocycles. The normalized spacial score (nSPS) is 23.7. The third kappa shape index (κ3) is 3.66. The van der Waals surface area contributed by atoms with Crippen LogP contribution in [0.15, 0.2) is 35.7 Å². The zero-order chi connectivity index (χ0) is 15.5. The molecule has 1 heterocycles. The Morgan fingerprint density at radius 3 is 2.67 bits per heavy atom. The number of carbonyl (C=O) groups is 1. The first-order valence-electron chi connectivity index (χ1n) is 6.57. The second-order valence-corrected chi connectivity index (χ2v) is 7.57. The van der Waals surface area contributed by atoms with Crippen LogP contribution in [0.1, 0.15) is 18.9 Å². The van der Waals surface area contributed by atoms with Crippen LogP contribution in [0.5, 0.6) is 0 Å². The van der Waals surface area contributed by atoms with Crippen molar-refractivity contribution in [1.29, 1.82) is 0 Å². The number of benzene rings is 1. The molecule has 0 bridgehead atoms. The van der Waals surface area contributed by atoms with Gasteiger partial charge in [0.05, 0.1) is 5.37 Å². The van der Waals surface area contributed by atoms with Gasteiger partial charge >= 0.3 is 5.97 Å². The highest BCUT2D eigenvalue weighted by atomic mass is 32.2. The number of thioether (sulfide) groups is 1. The fraction of sp³-hybridized carbons (Fsp3) is 0.357. The van der Waals surface area contributed by atoms with Gasteiger partial charge in [-0.05, 0) is 18.1 Å². The molecule has 1 aromatic carbocycles. The van der Waals surface area contributed by atoms with Crippen molar-refractivity contribution >= 4 is 33.8 Å². The molecule has 0 aromatic heterocycles. The largest absolute Gasteiger partial charge is 0.480 e. The minimum absolute atomic E-state index is 0.284. The smallest absolute Gasteiger partial charge is 0.322 e. The zero-order valence-corrected chi connectivity index (χ0v) is 13.2. The molecular formula is C14H17NO4S2. The summed E-state index contributed by atoms with van der Waals surface area (Å²) < 4.78 is 26.0. The van der Waals surface area contributed by atoms with E-state index in [0.717, 1.165) is 15.3 Å². The van der Waals surface area contributed by atoms with Crippen molar-refractivity contribution in [3.63, 3.8) is 0 Å². The van der Waals surface area contributed by atoms with Crippen molar-refractivity contribution in [2.75, 3.05) is 5.75 Å². The molecule has 114 valence electrons. The Bertz CT molecular complexity index is 628. The molecule has 2 unspecified atom stereocenters. The number of aliphatic carboxylic acids is 1. The molecule has 1 aromatic rings. The Morgan fingerprint density at radius 2 is 2.10 bits per heavy atom. The van der Waals surface area contributed by atoms with Crippen LogP contribution in [0.4, 0.5) is 0 Å². The third-order valence-electron chi connectivity index (χ3n) is 3.20. The van der Waals surface area contributed by atoms with Crippen LogP contribution in [0.2, 0.25) is 0 Å². The number of hydrogen-bond donors (Lipinski definition) is 1. The number of rotatable bonds is 5. The van der Waals surface area contributed by atoms with Crippen LogP contribution in [0.25, 0.3) is 6.08 Å². The van der Waals surface area contributed by atoms with Crippen molar-refractivity contribution in [1.82, 2.24) is 4.31 Å². The quantitative estimate of drug-likeness (QED) is 0.897. The van der Waals surface area contributed by atoms with E-state index in [1.54, 1.807) is 12.1 Å². The average molecular weight is 327 g/mol. The molecule has 0 radical (unpaired) electrons. The number of nitrogens with zero attached hydrogens (tertiary/aromatic N) is 1. The predicted molar refractivity (Wildman–Crippen MR) is 84.2 cm³/mol. The van der Waals surface area contributed by atoms with Crippen LogP contribution >= 0.6 is 11.8 Å². The van der Waals surface area contributed by atoms with Gasteiger partial charge in [0, 0.05) is 11.2 Å². The molecule has 2 atom stereocenters. The van der Waals surface area contributed by atoms with Gasteiger partial charge < -0.3 is 5.11 Å². The molecule has 1 N–H and O–H groups in total. The second kappa shape index (κ2) is 6.64. The van der Waals surface area contributed by atoms with E-state index in [1.165, 1.54) is 17.8 Å². The minimum Gasteiger partial charge on any atom is -0.480 e. The molecule has 2 rings (SSSR count). The molecule has 7 heteroatoms. The summed E-state index contributed by atoms with van der Waals surface area (Å²) >= 11 is 1.37. The Hall–Kier alpha value is -1.31. The van der Waals surface area contributed by atoms with Gasteiger partial charge in [-0.15, -0.1) is 11.8 Å². The van der Waals surface area contributed by atoms with Crippen molar-refractivity contribution in [2.24, 2.45) is 0 Å². The van der Waals surface area contributed by atoms with Gasteiger partial charge in [-0.3, -0.25) is 4.79 Å². The third-order valence-corrected chi connectivity index (χ3v) is 6.36. The lowest BCUT2D eigenvalue weighted by molar-refractivity contribution is -0.140. The van der Waals surface area contributed by atoms with E-state index < -0.39 is 22.0 Å². The fourth-order valence-electron chi connectivity index (χ4n) is 2.17. The van der Waals surface area contributed by atoms with E-state index in [1.807, 2.05) is 25.1 Å². The molecule has 0 aliphatic carbocycles. The lowest BCUT2D eigenvalue weighted by Gasteiger charge is -2.23. The van der Waals surface area contributed by atoms with Gasteiger partial charge in [0.2, 0.25) is 10.0 Å². The number of sulfonamides is 1. The van der Waals surface area contributed by atoms with E-state index in [4.69, 9.17) is 0 Å². The lowest BCUT2D eigenvalue weighted by atomic mass is 10.2. The Kier molecular flexibility index (Phi) is 5.08. The minimum atomic E-state index is -3.76. The standard InChI is InChI=1S/C14H17NO4S2/c1-2-13-15(12(10-20-13)14(16)17)21(18,19)9-8-11-6-4-3-5-7-11/h3-9,12-13H,2,10H2,1H3,(H,16,17). The maximum Gasteiger partial charge on any atom is 0.322 e. The molecular weight excluding hydrogens is 310 g/mol. The van der Waals surface area contributed by atoms with E-state index in [9.17, 15) is 18.3 Å². The summed E-state index contributed by atoms with van der Waals surface area (Å²) in [6.07, 6.45) is 2.07. The summed E-state index contributed by atoms with van der Waals surface area (Å²) in [7, 11) is -3.76. The first-order chi connectivity index (χ1) is 9.95. The summed E-state index contributed by atoms with van der Waals surface area (Å²) in [6, 6.07) is 8.05. The van der Waals surface area contributed by atoms with E-state index >= 15 is 0 Å². The molecule has 1 fully saturated rings. The van der Waals surface area contributed by atoms with Crippen LogP contribution < -0.4 is 0 Å². The summed E-state index contributed by atoms with van der Waals surface area (Å²) in [4.78, 5) is 11.3. The molecule has 1 saturated heterocycles. The molecule has 21 heavy (non-hydrogen) atoms. The summed E-state index contributed by atoms with van der Waals surface area (Å²) in [6.45, 7) is 1.85. The van der Waals surface area contributed by atoms with E-state index in [0.29, 0.717) is 6.42 Å². The van der Waals surface area contributed by atoms with Crippen molar-refractivity contribution in [3.8, 4) is 0 Å². The van der Waals surface area contributed by atoms with Gasteiger partial charge in [-0.25, -0.2) is 8.42 Å². The lowest BCUT2D eigenvalue weighted by Crippen LogP contribution is -2.44. The number of carboxylic acids is 1. The topological polar surface area (TPSA) is 74.7 Å². The monoisotopic (exact) mass is 327 g/mol. The highest BCUT2D eigenvalue weighted by Crippen LogP contribution is 2.34. The summed E-state index contributed by atoms with van der Waals surface area (Å²) in [5.41, 5.74) is 0.757. The van der Waals surface area contributed by atoms with E-state index in [-0.39, 0.29) is 11.1 Å². The highest BCUT2D eigenvalue weighted by Gasteiger charge is 2.44. The number of hydrogen-bond acceptors (Lipinski definition) is 4. The SMILES string of the molecule is CCC1SCC(C(=O)O)N1S(=O)(=O)C=Cc1ccccc1. The Labute approximate surface area is 128 Å². The maximum atomic E-state index is 12.5. The first kappa shape index (κ1) is 16.1. The molecule has 1 aliphatic heterocycles. The van der Waals surface area contributed by atoms with Crippen LogP contribution in [0.3, 0.4) is 0 Å². The van der Waals surface area contributed by atoms with Crippen molar-refractivity contribution in [2.45, 2.75) is 24.8 Å². The fourth-order valence-corrected chi connectivity index (χ4v) is 5.51. The Balaban J connectivity index is 2.28. The van der Waals surface area contributed by atoms with Crippen molar-refractivity contribution < 1.29 is 18.3 Å². The summed E-state index contributed by atoms with van der Waals surface area (Å²) in [5.74, 6) is -0.818. The van der Waals surface area contributed by atoms with Crippen LogP contribution in [-0.2, 0) is 14.8 Å². The van der Waals surface area contributed by atoms with Gasteiger partial charge in [0.25, 0.3) is 0 Å². The van der Waals surface area contributed by atoms with Gasteiger partial charge in [-0.2, -0.15) is 4.31 Å². The molecule has 1 aliphatic rings. The van der Waals surface area contributed by atoms with Crippen LogP contribution in [-0.4, -0.2) is 41.0 Å². The summed E-state index contributed by atoms with van der Waals surface area (Å²) in [5, 5.41) is 9.97. The van der Waals surface area contributed by atoms with Gasteiger partial charge in [0.15, 0.2) is 0 Å². The first-order valence-corrected chi connectivity index (χ1v) is 9.12. The predicted octanol–water partition coefficient (Wildman–Crippen LogP) is 2.23. The molecule has 5 nitrogen and oxygen atoms in total. The number of carboxylic acid groups (broad SMARTS) is 1. The van der Waals surface area contributed by atoms with Gasteiger partial charge in [0.1, 0.15) is 6.04 Å². The maximum absolute atomic E-state index is 12.5.